The fourth-order valence-electron chi connectivity index (χ4n) is 2.59. The minimum atomic E-state index is -0.786. The van der Waals surface area contributed by atoms with Gasteiger partial charge in [-0.25, -0.2) is 0 Å². The van der Waals surface area contributed by atoms with Gasteiger partial charge in [0.15, 0.2) is 5.69 Å². The fraction of sp³-hybridized carbons (Fsp3) is 0.357. The number of carboxylic acids is 1. The van der Waals surface area contributed by atoms with Gasteiger partial charge in [0.1, 0.15) is 0 Å². The highest BCUT2D eigenvalue weighted by atomic mass is 32.1. The highest BCUT2D eigenvalue weighted by Gasteiger charge is 2.31. The monoisotopic (exact) mass is 305 g/mol. The Balaban J connectivity index is 1.63. The van der Waals surface area contributed by atoms with Crippen molar-refractivity contribution in [1.29, 1.82) is 0 Å². The van der Waals surface area contributed by atoms with Gasteiger partial charge in [0.05, 0.1) is 16.5 Å². The van der Waals surface area contributed by atoms with Gasteiger partial charge >= 0.3 is 5.97 Å². The molecule has 0 radical (unpaired) electrons. The van der Waals surface area contributed by atoms with E-state index in [0.717, 1.165) is 10.6 Å². The van der Waals surface area contributed by atoms with Gasteiger partial charge in [0.2, 0.25) is 0 Å². The van der Waals surface area contributed by atoms with Crippen molar-refractivity contribution < 1.29 is 14.7 Å². The summed E-state index contributed by atoms with van der Waals surface area (Å²) >= 11 is 1.57. The number of nitrogens with one attached hydrogen (secondary N) is 2. The third-order valence-electron chi connectivity index (χ3n) is 3.71. The summed E-state index contributed by atoms with van der Waals surface area (Å²) in [6.07, 6.45) is 1.80. The molecule has 110 valence electrons. The standard InChI is InChI=1S/C14H15N3O3S/c18-13(15-9-4-3-8(6-9)14(19)20)11-7-10(16-17-11)12-2-1-5-21-12/h1-2,5,7-9H,3-4,6H2,(H,15,18)(H,16,17)(H,19,20)/t8-,9+/m1/s1. The van der Waals surface area contributed by atoms with Crippen LogP contribution in [-0.2, 0) is 4.79 Å². The molecule has 6 nitrogen and oxygen atoms in total. The second-order valence-corrected chi connectivity index (χ2v) is 6.11. The van der Waals surface area contributed by atoms with E-state index in [0.29, 0.717) is 25.0 Å². The van der Waals surface area contributed by atoms with E-state index in [1.807, 2.05) is 17.5 Å². The van der Waals surface area contributed by atoms with Crippen molar-refractivity contribution in [2.24, 2.45) is 5.92 Å². The summed E-state index contributed by atoms with van der Waals surface area (Å²) in [7, 11) is 0. The lowest BCUT2D eigenvalue weighted by atomic mass is 10.1. The van der Waals surface area contributed by atoms with Crippen LogP contribution in [0.1, 0.15) is 29.8 Å². The Hall–Kier alpha value is -2.15. The number of H-pyrrole nitrogens is 1. The molecule has 0 spiro atoms. The summed E-state index contributed by atoms with van der Waals surface area (Å²) in [5.74, 6) is -1.40. The van der Waals surface area contributed by atoms with Crippen molar-refractivity contribution in [2.45, 2.75) is 25.3 Å². The van der Waals surface area contributed by atoms with Gasteiger partial charge in [-0.15, -0.1) is 11.3 Å². The molecule has 2 atom stereocenters. The Labute approximate surface area is 125 Å². The molecule has 2 aromatic rings. The van der Waals surface area contributed by atoms with Crippen molar-refractivity contribution in [3.05, 3.63) is 29.3 Å². The number of thiophene rings is 1. The number of aromatic nitrogens is 2. The lowest BCUT2D eigenvalue weighted by Gasteiger charge is -2.10. The molecule has 1 aliphatic rings. The SMILES string of the molecule is O=C(N[C@H]1CC[C@@H](C(=O)O)C1)c1cc(-c2cccs2)[nH]n1. The predicted octanol–water partition coefficient (Wildman–Crippen LogP) is 2.12. The Kier molecular flexibility index (Phi) is 3.74. The summed E-state index contributed by atoms with van der Waals surface area (Å²) < 4.78 is 0. The first-order chi connectivity index (χ1) is 10.1. The van der Waals surface area contributed by atoms with Crippen LogP contribution in [0.2, 0.25) is 0 Å². The molecule has 7 heteroatoms. The van der Waals surface area contributed by atoms with Gasteiger partial charge in [-0.05, 0) is 36.8 Å². The zero-order chi connectivity index (χ0) is 14.8. The zero-order valence-corrected chi connectivity index (χ0v) is 12.0. The molecule has 2 aromatic heterocycles. The number of amides is 1. The maximum Gasteiger partial charge on any atom is 0.306 e. The second-order valence-electron chi connectivity index (χ2n) is 5.16. The van der Waals surface area contributed by atoms with Gasteiger partial charge in [-0.3, -0.25) is 14.7 Å². The predicted molar refractivity (Wildman–Crippen MR) is 78.1 cm³/mol. The van der Waals surface area contributed by atoms with Gasteiger partial charge in [-0.2, -0.15) is 5.10 Å². The van der Waals surface area contributed by atoms with E-state index in [1.54, 1.807) is 17.4 Å². The number of nitrogens with zero attached hydrogens (tertiary/aromatic N) is 1. The summed E-state index contributed by atoms with van der Waals surface area (Å²) in [6, 6.07) is 5.52. The van der Waals surface area contributed by atoms with Crippen LogP contribution in [0.3, 0.4) is 0 Å². The lowest BCUT2D eigenvalue weighted by molar-refractivity contribution is -0.141. The normalized spacial score (nSPS) is 21.3. The number of hydrogen-bond donors (Lipinski definition) is 3. The van der Waals surface area contributed by atoms with Crippen LogP contribution in [0.4, 0.5) is 0 Å². The van der Waals surface area contributed by atoms with Gasteiger partial charge in [0, 0.05) is 6.04 Å². The van der Waals surface area contributed by atoms with Crippen LogP contribution in [0.5, 0.6) is 0 Å². The summed E-state index contributed by atoms with van der Waals surface area (Å²) in [5.41, 5.74) is 1.14. The number of carbonyl (C=O) groups excluding carboxylic acids is 1. The average molecular weight is 305 g/mol. The lowest BCUT2D eigenvalue weighted by Crippen LogP contribution is -2.33. The van der Waals surface area contributed by atoms with Gasteiger partial charge in [0.25, 0.3) is 5.91 Å². The summed E-state index contributed by atoms with van der Waals surface area (Å²) in [4.78, 5) is 24.1. The molecule has 21 heavy (non-hydrogen) atoms. The van der Waals surface area contributed by atoms with Crippen LogP contribution in [0, 0.1) is 5.92 Å². The van der Waals surface area contributed by atoms with E-state index in [2.05, 4.69) is 15.5 Å². The molecule has 0 saturated heterocycles. The third-order valence-corrected chi connectivity index (χ3v) is 4.62. The van der Waals surface area contributed by atoms with Crippen molar-refractivity contribution in [3.8, 4) is 10.6 Å². The maximum absolute atomic E-state index is 12.1. The number of aliphatic carboxylic acids is 1. The molecule has 3 rings (SSSR count). The summed E-state index contributed by atoms with van der Waals surface area (Å²) in [5, 5.41) is 20.6. The Morgan fingerprint density at radius 1 is 1.43 bits per heavy atom. The van der Waals surface area contributed by atoms with Crippen LogP contribution < -0.4 is 5.32 Å². The Bertz CT molecular complexity index is 650. The number of aromatic amines is 1. The topological polar surface area (TPSA) is 95.1 Å². The third kappa shape index (κ3) is 2.97. The first-order valence-corrected chi connectivity index (χ1v) is 7.64. The molecule has 1 amide bonds. The number of carbonyl (C=O) groups is 2. The number of hydrogen-bond acceptors (Lipinski definition) is 4. The molecular weight excluding hydrogens is 290 g/mol. The molecule has 3 N–H and O–H groups in total. The average Bonchev–Trinajstić information content (AvgIpc) is 3.19. The van der Waals surface area contributed by atoms with Crippen molar-refractivity contribution in [1.82, 2.24) is 15.5 Å². The van der Waals surface area contributed by atoms with Crippen LogP contribution in [0.15, 0.2) is 23.6 Å². The van der Waals surface area contributed by atoms with E-state index in [1.165, 1.54) is 0 Å². The molecule has 0 bridgehead atoms. The Morgan fingerprint density at radius 3 is 2.95 bits per heavy atom. The molecule has 0 aliphatic heterocycles. The maximum atomic E-state index is 12.1. The van der Waals surface area contributed by atoms with Gasteiger partial charge in [-0.1, -0.05) is 6.07 Å². The van der Waals surface area contributed by atoms with Gasteiger partial charge < -0.3 is 10.4 Å². The molecule has 1 aliphatic carbocycles. The molecule has 0 aromatic carbocycles. The molecule has 1 fully saturated rings. The van der Waals surface area contributed by atoms with Crippen molar-refractivity contribution in [3.63, 3.8) is 0 Å². The van der Waals surface area contributed by atoms with E-state index in [4.69, 9.17) is 5.11 Å². The Morgan fingerprint density at radius 2 is 2.29 bits per heavy atom. The second kappa shape index (κ2) is 5.69. The fourth-order valence-corrected chi connectivity index (χ4v) is 3.28. The zero-order valence-electron chi connectivity index (χ0n) is 11.2. The van der Waals surface area contributed by atoms with Crippen LogP contribution in [-0.4, -0.2) is 33.2 Å². The van der Waals surface area contributed by atoms with Crippen molar-refractivity contribution >= 4 is 23.2 Å². The minimum Gasteiger partial charge on any atom is -0.481 e. The van der Waals surface area contributed by atoms with E-state index in [9.17, 15) is 9.59 Å². The van der Waals surface area contributed by atoms with Crippen LogP contribution in [0.25, 0.3) is 10.6 Å². The van der Waals surface area contributed by atoms with Crippen LogP contribution >= 0.6 is 11.3 Å². The smallest absolute Gasteiger partial charge is 0.306 e. The molecule has 0 unspecified atom stereocenters. The minimum absolute atomic E-state index is 0.0829. The molecule has 1 saturated carbocycles. The van der Waals surface area contributed by atoms with Crippen molar-refractivity contribution in [2.75, 3.05) is 0 Å². The highest BCUT2D eigenvalue weighted by molar-refractivity contribution is 7.13. The molecule has 2 heterocycles. The summed E-state index contributed by atoms with van der Waals surface area (Å²) in [6.45, 7) is 0. The quantitative estimate of drug-likeness (QED) is 0.806. The first kappa shape index (κ1) is 13.8. The first-order valence-electron chi connectivity index (χ1n) is 6.76. The molecular formula is C14H15N3O3S. The largest absolute Gasteiger partial charge is 0.481 e. The van der Waals surface area contributed by atoms with E-state index >= 15 is 0 Å². The van der Waals surface area contributed by atoms with E-state index in [-0.39, 0.29) is 17.9 Å². The highest BCUT2D eigenvalue weighted by Crippen LogP contribution is 2.26. The number of carboxylic acid groups (broad SMARTS) is 1. The van der Waals surface area contributed by atoms with E-state index < -0.39 is 5.97 Å². The number of rotatable bonds is 4.